The number of rotatable bonds is 5. The van der Waals surface area contributed by atoms with Crippen LogP contribution in [0.1, 0.15) is 10.4 Å². The maximum atomic E-state index is 13.6. The Morgan fingerprint density at radius 2 is 1.31 bits per heavy atom. The van der Waals surface area contributed by atoms with Crippen molar-refractivity contribution in [2.45, 2.75) is 4.90 Å². The second-order valence-corrected chi connectivity index (χ2v) is 6.81. The van der Waals surface area contributed by atoms with Crippen LogP contribution in [0.5, 0.6) is 0 Å². The van der Waals surface area contributed by atoms with Gasteiger partial charge in [-0.25, -0.2) is 30.4 Å². The largest absolute Gasteiger partial charge is 0.293 e. The first-order valence-electron chi connectivity index (χ1n) is 6.49. The lowest BCUT2D eigenvalue weighted by atomic mass is 10.1. The lowest BCUT2D eigenvalue weighted by molar-refractivity contribution is -0.384. The van der Waals surface area contributed by atoms with Crippen LogP contribution in [0.15, 0.2) is 29.2 Å². The Hall–Kier alpha value is -2.89. The lowest BCUT2D eigenvalue weighted by Crippen LogP contribution is -2.21. The Labute approximate surface area is 141 Å². The minimum atomic E-state index is -5.24. The smallest absolute Gasteiger partial charge is 0.269 e. The second kappa shape index (κ2) is 6.78. The van der Waals surface area contributed by atoms with Gasteiger partial charge in [-0.05, 0) is 12.1 Å². The molecule has 0 aliphatic heterocycles. The predicted octanol–water partition coefficient (Wildman–Crippen LogP) is 2.95. The van der Waals surface area contributed by atoms with Gasteiger partial charge in [0.2, 0.25) is 5.82 Å². The van der Waals surface area contributed by atoms with E-state index < -0.39 is 66.0 Å². The fourth-order valence-corrected chi connectivity index (χ4v) is 3.34. The van der Waals surface area contributed by atoms with Crippen molar-refractivity contribution in [3.63, 3.8) is 0 Å². The maximum absolute atomic E-state index is 13.6. The fraction of sp³-hybridized carbons (Fsp3) is 0.0714. The fourth-order valence-electron chi connectivity index (χ4n) is 1.95. The molecule has 0 amide bonds. The molecule has 2 aromatic rings. The Bertz CT molecular complexity index is 992. The number of hydrogen-bond donors (Lipinski definition) is 0. The molecular formula is C14H6F5NO5S. The summed E-state index contributed by atoms with van der Waals surface area (Å²) in [7, 11) is -5.24. The Kier molecular flexibility index (Phi) is 5.07. The highest BCUT2D eigenvalue weighted by atomic mass is 32.2. The molecule has 138 valence electrons. The van der Waals surface area contributed by atoms with E-state index in [1.165, 1.54) is 0 Å². The van der Waals surface area contributed by atoms with Gasteiger partial charge in [0.25, 0.3) is 5.69 Å². The molecule has 12 heteroatoms. The van der Waals surface area contributed by atoms with Crippen molar-refractivity contribution >= 4 is 21.3 Å². The van der Waals surface area contributed by atoms with Crippen molar-refractivity contribution in [2.75, 3.05) is 5.75 Å². The lowest BCUT2D eigenvalue weighted by Gasteiger charge is -2.09. The molecule has 2 aromatic carbocycles. The van der Waals surface area contributed by atoms with Gasteiger partial charge in [0.1, 0.15) is 10.6 Å². The van der Waals surface area contributed by atoms with E-state index in [4.69, 9.17) is 0 Å². The Morgan fingerprint density at radius 1 is 0.885 bits per heavy atom. The number of benzene rings is 2. The highest BCUT2D eigenvalue weighted by Gasteiger charge is 2.34. The summed E-state index contributed by atoms with van der Waals surface area (Å²) >= 11 is 0. The summed E-state index contributed by atoms with van der Waals surface area (Å²) in [4.78, 5) is 19.5. The van der Waals surface area contributed by atoms with Crippen LogP contribution in [0.2, 0.25) is 0 Å². The summed E-state index contributed by atoms with van der Waals surface area (Å²) in [5.41, 5.74) is -0.785. The summed E-state index contributed by atoms with van der Waals surface area (Å²) in [6, 6.07) is 3.51. The Balaban J connectivity index is 2.43. The van der Waals surface area contributed by atoms with Crippen molar-refractivity contribution < 1.29 is 40.1 Å². The quantitative estimate of drug-likeness (QED) is 0.148. The molecule has 0 N–H and O–H groups in total. The van der Waals surface area contributed by atoms with E-state index in [2.05, 4.69) is 0 Å². The van der Waals surface area contributed by atoms with Crippen molar-refractivity contribution in [3.05, 3.63) is 69.0 Å². The van der Waals surface area contributed by atoms with Gasteiger partial charge in [0.15, 0.2) is 38.9 Å². The maximum Gasteiger partial charge on any atom is 0.269 e. The molecule has 0 aliphatic carbocycles. The van der Waals surface area contributed by atoms with Crippen LogP contribution < -0.4 is 0 Å². The highest BCUT2D eigenvalue weighted by Crippen LogP contribution is 2.28. The van der Waals surface area contributed by atoms with Crippen LogP contribution in [0.3, 0.4) is 0 Å². The standard InChI is InChI=1S/C14H6F5NO5S/c15-9-10(16)12(18)14(13(19)11(9)17)26(24,25)5-8(21)6-1-3-7(4-2-6)20(22)23/h1-4H,5H2. The molecule has 0 aromatic heterocycles. The van der Waals surface area contributed by atoms with E-state index in [9.17, 15) is 45.3 Å². The van der Waals surface area contributed by atoms with Gasteiger partial charge in [0.05, 0.1) is 4.92 Å². The molecule has 6 nitrogen and oxygen atoms in total. The number of carbonyl (C=O) groups is 1. The number of Topliss-reactive ketones (excluding diaryl/α,β-unsaturated/α-hetero) is 1. The summed E-state index contributed by atoms with van der Waals surface area (Å²) in [5, 5.41) is 10.5. The van der Waals surface area contributed by atoms with Gasteiger partial charge in [-0.3, -0.25) is 14.9 Å². The number of sulfone groups is 1. The SMILES string of the molecule is O=C(CS(=O)(=O)c1c(F)c(F)c(F)c(F)c1F)c1ccc([N+](=O)[O-])cc1. The van der Waals surface area contributed by atoms with Crippen LogP contribution in [0.4, 0.5) is 27.6 Å². The third kappa shape index (κ3) is 3.40. The molecule has 0 atom stereocenters. The van der Waals surface area contributed by atoms with Crippen molar-refractivity contribution in [1.82, 2.24) is 0 Å². The third-order valence-corrected chi connectivity index (χ3v) is 4.82. The van der Waals surface area contributed by atoms with E-state index in [1.54, 1.807) is 0 Å². The number of carbonyl (C=O) groups excluding carboxylic acids is 1. The summed E-state index contributed by atoms with van der Waals surface area (Å²) in [6.45, 7) is 0. The molecule has 0 spiro atoms. The molecule has 0 heterocycles. The zero-order chi connectivity index (χ0) is 19.8. The number of nitro benzene ring substituents is 1. The van der Waals surface area contributed by atoms with Gasteiger partial charge < -0.3 is 0 Å². The van der Waals surface area contributed by atoms with Gasteiger partial charge in [-0.2, -0.15) is 0 Å². The second-order valence-electron chi connectivity index (χ2n) is 4.89. The minimum absolute atomic E-state index is 0.372. The van der Waals surface area contributed by atoms with E-state index in [1.807, 2.05) is 0 Å². The number of nitro groups is 1. The molecule has 0 unspecified atom stereocenters. The van der Waals surface area contributed by atoms with Crippen LogP contribution in [0, 0.1) is 39.2 Å². The first kappa shape index (κ1) is 19.4. The first-order valence-corrected chi connectivity index (χ1v) is 8.14. The number of halogens is 5. The Morgan fingerprint density at radius 3 is 1.73 bits per heavy atom. The average molecular weight is 395 g/mol. The number of hydrogen-bond acceptors (Lipinski definition) is 5. The van der Waals surface area contributed by atoms with E-state index >= 15 is 0 Å². The molecular weight excluding hydrogens is 389 g/mol. The normalized spacial score (nSPS) is 11.4. The highest BCUT2D eigenvalue weighted by molar-refractivity contribution is 7.92. The van der Waals surface area contributed by atoms with Gasteiger partial charge in [-0.1, -0.05) is 0 Å². The molecule has 0 saturated carbocycles. The zero-order valence-electron chi connectivity index (χ0n) is 12.3. The summed E-state index contributed by atoms with van der Waals surface area (Å²) in [5.74, 6) is -15.5. The molecule has 0 aliphatic rings. The molecule has 0 saturated heterocycles. The monoisotopic (exact) mass is 395 g/mol. The number of ketones is 1. The number of non-ortho nitro benzene ring substituents is 1. The molecule has 0 radical (unpaired) electrons. The summed E-state index contributed by atoms with van der Waals surface area (Å²) < 4.78 is 90.4. The van der Waals surface area contributed by atoms with Crippen molar-refractivity contribution in [3.8, 4) is 0 Å². The van der Waals surface area contributed by atoms with E-state index in [0.29, 0.717) is 0 Å². The molecule has 2 rings (SSSR count). The topological polar surface area (TPSA) is 94.3 Å². The van der Waals surface area contributed by atoms with E-state index in [0.717, 1.165) is 24.3 Å². The summed E-state index contributed by atoms with van der Waals surface area (Å²) in [6.07, 6.45) is 0. The van der Waals surface area contributed by atoms with Gasteiger partial charge in [0, 0.05) is 17.7 Å². The van der Waals surface area contributed by atoms with Crippen molar-refractivity contribution in [2.24, 2.45) is 0 Å². The van der Waals surface area contributed by atoms with Crippen molar-refractivity contribution in [1.29, 1.82) is 0 Å². The third-order valence-electron chi connectivity index (χ3n) is 3.20. The molecule has 0 fully saturated rings. The predicted molar refractivity (Wildman–Crippen MR) is 75.7 cm³/mol. The van der Waals surface area contributed by atoms with Gasteiger partial charge >= 0.3 is 0 Å². The van der Waals surface area contributed by atoms with Gasteiger partial charge in [-0.15, -0.1) is 0 Å². The zero-order valence-corrected chi connectivity index (χ0v) is 13.1. The van der Waals surface area contributed by atoms with E-state index in [-0.39, 0.29) is 5.56 Å². The van der Waals surface area contributed by atoms with Crippen LogP contribution >= 0.6 is 0 Å². The molecule has 26 heavy (non-hydrogen) atoms. The molecule has 0 bridgehead atoms. The average Bonchev–Trinajstić information content (AvgIpc) is 2.57. The van der Waals surface area contributed by atoms with Crippen LogP contribution in [-0.2, 0) is 9.84 Å². The first-order chi connectivity index (χ1) is 12.0. The minimum Gasteiger partial charge on any atom is -0.293 e. The van der Waals surface area contributed by atoms with Crippen LogP contribution in [0.25, 0.3) is 0 Å². The van der Waals surface area contributed by atoms with Crippen LogP contribution in [-0.4, -0.2) is 24.9 Å². The number of nitrogens with zero attached hydrogens (tertiary/aromatic N) is 1.